The fourth-order valence-corrected chi connectivity index (χ4v) is 2.34. The summed E-state index contributed by atoms with van der Waals surface area (Å²) in [7, 11) is 0. The molecule has 4 aromatic heterocycles. The van der Waals surface area contributed by atoms with E-state index in [1.54, 1.807) is 35.7 Å². The molecule has 0 aliphatic carbocycles. The van der Waals surface area contributed by atoms with Crippen molar-refractivity contribution >= 4 is 22.5 Å². The number of nitrogens with zero attached hydrogens (tertiary/aromatic N) is 7. The van der Waals surface area contributed by atoms with Crippen molar-refractivity contribution in [2.24, 2.45) is 0 Å². The average molecular weight is 324 g/mol. The smallest absolute Gasteiger partial charge is 0.172 e. The maximum atomic E-state index is 5.78. The summed E-state index contributed by atoms with van der Waals surface area (Å²) in [6, 6.07) is 1.90. The van der Waals surface area contributed by atoms with Gasteiger partial charge in [0.05, 0.1) is 41.7 Å². The van der Waals surface area contributed by atoms with Crippen molar-refractivity contribution in [3.8, 4) is 17.2 Å². The third kappa shape index (κ3) is 2.51. The standard InChI is InChI=1S/C15H10ClN7/c1-9-3-17-6-12(22-9)11-2-13-10(4-18-11)5-21-23(13)15-8-19-14(16)7-20-15/h2-8H,1H3. The Hall–Kier alpha value is -2.93. The molecule has 8 heteroatoms. The number of hydrogen-bond donors (Lipinski definition) is 0. The highest BCUT2D eigenvalue weighted by molar-refractivity contribution is 6.29. The van der Waals surface area contributed by atoms with Crippen LogP contribution in [0.2, 0.25) is 5.15 Å². The first-order valence-corrected chi connectivity index (χ1v) is 7.19. The van der Waals surface area contributed by atoms with Crippen LogP contribution < -0.4 is 0 Å². The van der Waals surface area contributed by atoms with Crippen LogP contribution in [0.5, 0.6) is 0 Å². The molecule has 0 saturated carbocycles. The Bertz CT molecular complexity index is 994. The molecule has 0 radical (unpaired) electrons. The van der Waals surface area contributed by atoms with Gasteiger partial charge in [-0.15, -0.1) is 0 Å². The second kappa shape index (κ2) is 5.36. The molecule has 23 heavy (non-hydrogen) atoms. The monoisotopic (exact) mass is 323 g/mol. The Labute approximate surface area is 136 Å². The molecule has 0 saturated heterocycles. The molecule has 0 aliphatic rings. The lowest BCUT2D eigenvalue weighted by molar-refractivity contribution is 0.864. The molecular weight excluding hydrogens is 314 g/mol. The van der Waals surface area contributed by atoms with Gasteiger partial charge in [0.2, 0.25) is 0 Å². The van der Waals surface area contributed by atoms with Gasteiger partial charge in [0.25, 0.3) is 0 Å². The molecule has 0 aromatic carbocycles. The van der Waals surface area contributed by atoms with Gasteiger partial charge in [-0.3, -0.25) is 9.97 Å². The van der Waals surface area contributed by atoms with Crippen molar-refractivity contribution in [2.75, 3.05) is 0 Å². The van der Waals surface area contributed by atoms with Crippen LogP contribution in [0.15, 0.2) is 43.2 Å². The van der Waals surface area contributed by atoms with Gasteiger partial charge in [-0.25, -0.2) is 19.6 Å². The van der Waals surface area contributed by atoms with E-state index in [9.17, 15) is 0 Å². The number of fused-ring (bicyclic) bond motifs is 1. The van der Waals surface area contributed by atoms with Crippen molar-refractivity contribution in [1.29, 1.82) is 0 Å². The average Bonchev–Trinajstić information content (AvgIpc) is 2.99. The van der Waals surface area contributed by atoms with Crippen molar-refractivity contribution in [1.82, 2.24) is 34.7 Å². The van der Waals surface area contributed by atoms with E-state index < -0.39 is 0 Å². The van der Waals surface area contributed by atoms with E-state index in [0.717, 1.165) is 22.3 Å². The van der Waals surface area contributed by atoms with Crippen molar-refractivity contribution in [3.63, 3.8) is 0 Å². The summed E-state index contributed by atoms with van der Waals surface area (Å²) in [6.07, 6.45) is 9.92. The van der Waals surface area contributed by atoms with Crippen molar-refractivity contribution in [3.05, 3.63) is 54.1 Å². The van der Waals surface area contributed by atoms with Gasteiger partial charge in [0.1, 0.15) is 10.8 Å². The first-order valence-electron chi connectivity index (χ1n) is 6.81. The van der Waals surface area contributed by atoms with Gasteiger partial charge >= 0.3 is 0 Å². The normalized spacial score (nSPS) is 11.0. The second-order valence-electron chi connectivity index (χ2n) is 4.93. The first-order chi connectivity index (χ1) is 11.2. The quantitative estimate of drug-likeness (QED) is 0.564. The molecule has 4 rings (SSSR count). The Balaban J connectivity index is 1.88. The van der Waals surface area contributed by atoms with Crippen LogP contribution in [0.4, 0.5) is 0 Å². The van der Waals surface area contributed by atoms with Gasteiger partial charge in [-0.05, 0) is 13.0 Å². The molecule has 0 aliphatic heterocycles. The zero-order chi connectivity index (χ0) is 15.8. The van der Waals surface area contributed by atoms with E-state index in [2.05, 4.69) is 30.0 Å². The largest absolute Gasteiger partial charge is 0.261 e. The maximum Gasteiger partial charge on any atom is 0.172 e. The summed E-state index contributed by atoms with van der Waals surface area (Å²) in [5.41, 5.74) is 3.12. The van der Waals surface area contributed by atoms with Crippen molar-refractivity contribution in [2.45, 2.75) is 6.92 Å². The van der Waals surface area contributed by atoms with Crippen LogP contribution in [0.1, 0.15) is 5.69 Å². The van der Waals surface area contributed by atoms with E-state index in [0.29, 0.717) is 16.7 Å². The van der Waals surface area contributed by atoms with E-state index in [4.69, 9.17) is 11.6 Å². The SMILES string of the molecule is Cc1cncc(-c2cc3c(cn2)cnn3-c2cnc(Cl)cn2)n1. The second-order valence-corrected chi connectivity index (χ2v) is 5.31. The van der Waals surface area contributed by atoms with Gasteiger partial charge < -0.3 is 0 Å². The molecule has 0 unspecified atom stereocenters. The highest BCUT2D eigenvalue weighted by Crippen LogP contribution is 2.22. The zero-order valence-corrected chi connectivity index (χ0v) is 12.8. The fourth-order valence-electron chi connectivity index (χ4n) is 2.24. The summed E-state index contributed by atoms with van der Waals surface area (Å²) in [6.45, 7) is 1.89. The third-order valence-electron chi connectivity index (χ3n) is 3.29. The molecule has 0 N–H and O–H groups in total. The molecule has 0 spiro atoms. The van der Waals surface area contributed by atoms with Crippen LogP contribution in [-0.4, -0.2) is 34.7 Å². The van der Waals surface area contributed by atoms with Gasteiger partial charge in [0, 0.05) is 17.8 Å². The van der Waals surface area contributed by atoms with Gasteiger partial charge in [-0.1, -0.05) is 11.6 Å². The molecular formula is C15H10ClN7. The molecule has 7 nitrogen and oxygen atoms in total. The number of aryl methyl sites for hydroxylation is 1. The molecule has 4 aromatic rings. The predicted octanol–water partition coefficient (Wildman–Crippen LogP) is 2.63. The van der Waals surface area contributed by atoms with Crippen LogP contribution >= 0.6 is 11.6 Å². The van der Waals surface area contributed by atoms with Gasteiger partial charge in [0.15, 0.2) is 5.82 Å². The summed E-state index contributed by atoms with van der Waals surface area (Å²) in [5.74, 6) is 0.580. The first kappa shape index (κ1) is 13.7. The number of rotatable bonds is 2. The number of aromatic nitrogens is 7. The summed E-state index contributed by atoms with van der Waals surface area (Å²) >= 11 is 5.78. The number of halogens is 1. The zero-order valence-electron chi connectivity index (χ0n) is 12.0. The Morgan fingerprint density at radius 2 is 1.83 bits per heavy atom. The number of pyridine rings is 1. The van der Waals surface area contributed by atoms with Crippen molar-refractivity contribution < 1.29 is 0 Å². The van der Waals surface area contributed by atoms with Gasteiger partial charge in [-0.2, -0.15) is 5.10 Å². The van der Waals surface area contributed by atoms with Crippen LogP contribution in [0.3, 0.4) is 0 Å². The molecule has 0 fully saturated rings. The molecule has 0 amide bonds. The Morgan fingerprint density at radius 1 is 0.913 bits per heavy atom. The lowest BCUT2D eigenvalue weighted by Gasteiger charge is -2.04. The lowest BCUT2D eigenvalue weighted by atomic mass is 10.2. The maximum absolute atomic E-state index is 5.78. The molecule has 0 atom stereocenters. The minimum Gasteiger partial charge on any atom is -0.261 e. The van der Waals surface area contributed by atoms with E-state index in [1.165, 1.54) is 6.20 Å². The molecule has 112 valence electrons. The lowest BCUT2D eigenvalue weighted by Crippen LogP contribution is -2.00. The summed E-state index contributed by atoms with van der Waals surface area (Å²) < 4.78 is 1.69. The van der Waals surface area contributed by atoms with Crippen LogP contribution in [0, 0.1) is 6.92 Å². The highest BCUT2D eigenvalue weighted by atomic mass is 35.5. The highest BCUT2D eigenvalue weighted by Gasteiger charge is 2.10. The van der Waals surface area contributed by atoms with E-state index in [-0.39, 0.29) is 0 Å². The minimum absolute atomic E-state index is 0.336. The fraction of sp³-hybridized carbons (Fsp3) is 0.0667. The minimum atomic E-state index is 0.336. The van der Waals surface area contributed by atoms with E-state index in [1.807, 2.05) is 13.0 Å². The summed E-state index contributed by atoms with van der Waals surface area (Å²) in [4.78, 5) is 21.3. The van der Waals surface area contributed by atoms with Crippen LogP contribution in [-0.2, 0) is 0 Å². The third-order valence-corrected chi connectivity index (χ3v) is 3.49. The molecule has 4 heterocycles. The molecule has 0 bridgehead atoms. The topological polar surface area (TPSA) is 82.3 Å². The Kier molecular flexibility index (Phi) is 3.20. The van der Waals surface area contributed by atoms with Crippen LogP contribution in [0.25, 0.3) is 28.1 Å². The van der Waals surface area contributed by atoms with E-state index >= 15 is 0 Å². The Morgan fingerprint density at radius 3 is 2.61 bits per heavy atom. The predicted molar refractivity (Wildman–Crippen MR) is 85.2 cm³/mol. The number of hydrogen-bond acceptors (Lipinski definition) is 6. The summed E-state index contributed by atoms with van der Waals surface area (Å²) in [5, 5.41) is 5.57.